The third-order valence-electron chi connectivity index (χ3n) is 2.85. The Morgan fingerprint density at radius 1 is 1.00 bits per heavy atom. The van der Waals surface area contributed by atoms with E-state index in [0.717, 1.165) is 18.5 Å². The summed E-state index contributed by atoms with van der Waals surface area (Å²) < 4.78 is 0. The summed E-state index contributed by atoms with van der Waals surface area (Å²) in [4.78, 5) is 0. The average Bonchev–Trinajstić information content (AvgIpc) is 2.23. The molecule has 0 aliphatic heterocycles. The van der Waals surface area contributed by atoms with Gasteiger partial charge in [-0.05, 0) is 18.1 Å². The van der Waals surface area contributed by atoms with Crippen molar-refractivity contribution in [3.05, 3.63) is 5.69 Å². The molecule has 0 spiro atoms. The highest BCUT2D eigenvalue weighted by molar-refractivity contribution is 5.60. The summed E-state index contributed by atoms with van der Waals surface area (Å²) in [6, 6.07) is 0. The fourth-order valence-electron chi connectivity index (χ4n) is 2.04. The van der Waals surface area contributed by atoms with Gasteiger partial charge in [0.15, 0.2) is 5.82 Å². The number of aromatic nitrogens is 3. The largest absolute Gasteiger partial charge is 0.394 e. The van der Waals surface area contributed by atoms with Gasteiger partial charge in [0.25, 0.3) is 0 Å². The first-order valence-corrected chi connectivity index (χ1v) is 5.03. The number of nitrogen functional groups attached to an aromatic ring is 2. The Balaban J connectivity index is 2.26. The molecule has 14 heavy (non-hydrogen) atoms. The summed E-state index contributed by atoms with van der Waals surface area (Å²) in [5.74, 6) is 0.738. The summed E-state index contributed by atoms with van der Waals surface area (Å²) in [5.41, 5.74) is 12.8. The first kappa shape index (κ1) is 9.18. The maximum absolute atomic E-state index is 5.82. The number of rotatable bonds is 1. The summed E-state index contributed by atoms with van der Waals surface area (Å²) in [7, 11) is 0. The predicted molar refractivity (Wildman–Crippen MR) is 54.5 cm³/mol. The van der Waals surface area contributed by atoms with E-state index in [1.54, 1.807) is 0 Å². The molecule has 0 atom stereocenters. The van der Waals surface area contributed by atoms with Crippen LogP contribution in [0.3, 0.4) is 0 Å². The van der Waals surface area contributed by atoms with Gasteiger partial charge in [0, 0.05) is 5.92 Å². The molecule has 5 heteroatoms. The van der Waals surface area contributed by atoms with Gasteiger partial charge in [-0.1, -0.05) is 19.3 Å². The van der Waals surface area contributed by atoms with Crippen molar-refractivity contribution in [2.45, 2.75) is 38.0 Å². The van der Waals surface area contributed by atoms with Crippen LogP contribution >= 0.6 is 0 Å². The molecule has 2 rings (SSSR count). The smallest absolute Gasteiger partial charge is 0.173 e. The van der Waals surface area contributed by atoms with E-state index < -0.39 is 0 Å². The van der Waals surface area contributed by atoms with Crippen molar-refractivity contribution in [2.24, 2.45) is 0 Å². The van der Waals surface area contributed by atoms with E-state index in [2.05, 4.69) is 15.4 Å². The van der Waals surface area contributed by atoms with Crippen LogP contribution in [0.25, 0.3) is 0 Å². The lowest BCUT2D eigenvalue weighted by Crippen LogP contribution is -2.13. The maximum Gasteiger partial charge on any atom is 0.173 e. The zero-order valence-electron chi connectivity index (χ0n) is 8.11. The van der Waals surface area contributed by atoms with E-state index in [-0.39, 0.29) is 0 Å². The topological polar surface area (TPSA) is 90.7 Å². The molecule has 1 aromatic heterocycles. The van der Waals surface area contributed by atoms with Gasteiger partial charge in [0.05, 0.1) is 5.69 Å². The second-order valence-electron chi connectivity index (χ2n) is 3.81. The standard InChI is InChI=1S/C9H15N5/c10-7-8(12-14-13-9(7)11)6-4-2-1-3-5-6/h6H,1-5H2,(H2,10,14)(H2,11,12,13). The van der Waals surface area contributed by atoms with E-state index in [1.807, 2.05) is 0 Å². The third-order valence-corrected chi connectivity index (χ3v) is 2.85. The van der Waals surface area contributed by atoms with Crippen molar-refractivity contribution in [3.63, 3.8) is 0 Å². The number of nitrogens with zero attached hydrogens (tertiary/aromatic N) is 3. The predicted octanol–water partition coefficient (Wildman–Crippen LogP) is 1.08. The second kappa shape index (κ2) is 3.77. The van der Waals surface area contributed by atoms with Crippen LogP contribution in [0.15, 0.2) is 0 Å². The van der Waals surface area contributed by atoms with Crippen molar-refractivity contribution in [3.8, 4) is 0 Å². The highest BCUT2D eigenvalue weighted by atomic mass is 15.3. The van der Waals surface area contributed by atoms with Crippen LogP contribution in [0.2, 0.25) is 0 Å². The molecular formula is C9H15N5. The van der Waals surface area contributed by atoms with Crippen LogP contribution in [0.1, 0.15) is 43.7 Å². The van der Waals surface area contributed by atoms with Gasteiger partial charge < -0.3 is 11.5 Å². The van der Waals surface area contributed by atoms with Crippen LogP contribution in [0.5, 0.6) is 0 Å². The van der Waals surface area contributed by atoms with Crippen molar-refractivity contribution in [2.75, 3.05) is 11.5 Å². The van der Waals surface area contributed by atoms with Crippen LogP contribution in [0, 0.1) is 0 Å². The molecule has 1 heterocycles. The van der Waals surface area contributed by atoms with Gasteiger partial charge >= 0.3 is 0 Å². The highest BCUT2D eigenvalue weighted by Crippen LogP contribution is 2.34. The van der Waals surface area contributed by atoms with E-state index in [1.165, 1.54) is 19.3 Å². The molecule has 0 bridgehead atoms. The number of nitrogens with two attached hydrogens (primary N) is 2. The van der Waals surface area contributed by atoms with Crippen LogP contribution in [0.4, 0.5) is 11.5 Å². The van der Waals surface area contributed by atoms with Crippen molar-refractivity contribution < 1.29 is 0 Å². The van der Waals surface area contributed by atoms with Gasteiger partial charge in [-0.2, -0.15) is 0 Å². The molecule has 1 aliphatic carbocycles. The van der Waals surface area contributed by atoms with E-state index in [4.69, 9.17) is 11.5 Å². The highest BCUT2D eigenvalue weighted by Gasteiger charge is 2.20. The lowest BCUT2D eigenvalue weighted by atomic mass is 9.86. The summed E-state index contributed by atoms with van der Waals surface area (Å²) >= 11 is 0. The molecule has 0 unspecified atom stereocenters. The minimum Gasteiger partial charge on any atom is -0.394 e. The van der Waals surface area contributed by atoms with Gasteiger partial charge in [0.1, 0.15) is 5.69 Å². The van der Waals surface area contributed by atoms with E-state index in [9.17, 15) is 0 Å². The molecule has 0 saturated heterocycles. The van der Waals surface area contributed by atoms with Crippen molar-refractivity contribution >= 4 is 11.5 Å². The third kappa shape index (κ3) is 1.62. The summed E-state index contributed by atoms with van der Waals surface area (Å²) in [6.45, 7) is 0. The Bertz CT molecular complexity index is 319. The Morgan fingerprint density at radius 2 is 1.71 bits per heavy atom. The minimum absolute atomic E-state index is 0.306. The average molecular weight is 193 g/mol. The summed E-state index contributed by atoms with van der Waals surface area (Å²) in [6.07, 6.45) is 6.08. The molecule has 1 fully saturated rings. The summed E-state index contributed by atoms with van der Waals surface area (Å²) in [5, 5.41) is 11.2. The molecule has 0 aromatic carbocycles. The van der Waals surface area contributed by atoms with Crippen LogP contribution in [-0.4, -0.2) is 15.4 Å². The zero-order valence-corrected chi connectivity index (χ0v) is 8.11. The van der Waals surface area contributed by atoms with Gasteiger partial charge in [-0.15, -0.1) is 10.2 Å². The Kier molecular flexibility index (Phi) is 2.47. The van der Waals surface area contributed by atoms with Crippen molar-refractivity contribution in [1.82, 2.24) is 15.4 Å². The monoisotopic (exact) mass is 193 g/mol. The SMILES string of the molecule is Nc1nnnc(C2CCCCC2)c1N. The lowest BCUT2D eigenvalue weighted by Gasteiger charge is -2.21. The number of hydrogen-bond acceptors (Lipinski definition) is 5. The van der Waals surface area contributed by atoms with Crippen LogP contribution < -0.4 is 11.5 Å². The maximum atomic E-state index is 5.82. The molecule has 0 amide bonds. The first-order chi connectivity index (χ1) is 6.79. The molecule has 76 valence electrons. The second-order valence-corrected chi connectivity index (χ2v) is 3.81. The van der Waals surface area contributed by atoms with E-state index in [0.29, 0.717) is 17.4 Å². The van der Waals surface area contributed by atoms with Gasteiger partial charge in [-0.3, -0.25) is 0 Å². The zero-order chi connectivity index (χ0) is 9.97. The molecule has 0 radical (unpaired) electrons. The first-order valence-electron chi connectivity index (χ1n) is 5.03. The molecular weight excluding hydrogens is 178 g/mol. The van der Waals surface area contributed by atoms with Crippen molar-refractivity contribution in [1.29, 1.82) is 0 Å². The van der Waals surface area contributed by atoms with E-state index >= 15 is 0 Å². The van der Waals surface area contributed by atoms with Gasteiger partial charge in [0.2, 0.25) is 0 Å². The quantitative estimate of drug-likeness (QED) is 0.696. The minimum atomic E-state index is 0.306. The number of hydrogen-bond donors (Lipinski definition) is 2. The number of anilines is 2. The fraction of sp³-hybridized carbons (Fsp3) is 0.667. The Hall–Kier alpha value is -1.39. The van der Waals surface area contributed by atoms with Gasteiger partial charge in [-0.25, -0.2) is 0 Å². The molecule has 1 aliphatic rings. The normalized spacial score (nSPS) is 18.3. The fourth-order valence-corrected chi connectivity index (χ4v) is 2.04. The molecule has 1 aromatic rings. The lowest BCUT2D eigenvalue weighted by molar-refractivity contribution is 0.433. The molecule has 4 N–H and O–H groups in total. The Labute approximate surface area is 82.9 Å². The Morgan fingerprint density at radius 3 is 2.43 bits per heavy atom. The molecule has 1 saturated carbocycles. The van der Waals surface area contributed by atoms with Crippen LogP contribution in [-0.2, 0) is 0 Å². The molecule has 5 nitrogen and oxygen atoms in total.